The van der Waals surface area contributed by atoms with Crippen molar-refractivity contribution in [3.8, 4) is 11.4 Å². The van der Waals surface area contributed by atoms with E-state index in [1.807, 2.05) is 18.3 Å². The average Bonchev–Trinajstić information content (AvgIpc) is 2.69. The van der Waals surface area contributed by atoms with Crippen LogP contribution in [-0.4, -0.2) is 15.0 Å². The second-order valence-corrected chi connectivity index (χ2v) is 6.41. The van der Waals surface area contributed by atoms with Crippen LogP contribution in [0, 0.1) is 11.6 Å². The van der Waals surface area contributed by atoms with E-state index in [0.29, 0.717) is 17.9 Å². The zero-order valence-electron chi connectivity index (χ0n) is 14.1. The van der Waals surface area contributed by atoms with Crippen molar-refractivity contribution in [2.45, 2.75) is 31.8 Å². The number of nitrogens with zero attached hydrogens (tertiary/aromatic N) is 3. The zero-order valence-corrected chi connectivity index (χ0v) is 14.1. The minimum Gasteiger partial charge on any atom is -0.306 e. The molecule has 0 amide bonds. The first kappa shape index (κ1) is 16.7. The molecule has 1 N–H and O–H groups in total. The summed E-state index contributed by atoms with van der Waals surface area (Å²) >= 11 is 0. The molecular formula is C20H18F2N4. The number of hydrogen-bond donors (Lipinski definition) is 1. The molecule has 0 saturated carbocycles. The Balaban J connectivity index is 1.52. The number of rotatable bonds is 4. The van der Waals surface area contributed by atoms with Gasteiger partial charge < -0.3 is 5.32 Å². The molecular weight excluding hydrogens is 334 g/mol. The molecule has 0 fully saturated rings. The van der Waals surface area contributed by atoms with Crippen LogP contribution < -0.4 is 5.32 Å². The van der Waals surface area contributed by atoms with Crippen LogP contribution in [0.5, 0.6) is 0 Å². The van der Waals surface area contributed by atoms with Gasteiger partial charge in [-0.05, 0) is 49.1 Å². The topological polar surface area (TPSA) is 50.7 Å². The van der Waals surface area contributed by atoms with Gasteiger partial charge in [-0.3, -0.25) is 4.98 Å². The fourth-order valence-electron chi connectivity index (χ4n) is 3.28. The number of nitrogens with one attached hydrogen (secondary N) is 1. The van der Waals surface area contributed by atoms with E-state index < -0.39 is 11.6 Å². The maximum atomic E-state index is 13.4. The Kier molecular flexibility index (Phi) is 4.67. The van der Waals surface area contributed by atoms with Gasteiger partial charge in [0.25, 0.3) is 0 Å². The van der Waals surface area contributed by atoms with Gasteiger partial charge in [0.1, 0.15) is 0 Å². The van der Waals surface area contributed by atoms with Gasteiger partial charge in [0.2, 0.25) is 0 Å². The first-order valence-corrected chi connectivity index (χ1v) is 8.64. The largest absolute Gasteiger partial charge is 0.306 e. The molecule has 0 radical (unpaired) electrons. The van der Waals surface area contributed by atoms with Crippen LogP contribution in [0.3, 0.4) is 0 Å². The molecule has 1 aromatic carbocycles. The first-order chi connectivity index (χ1) is 12.7. The predicted octanol–water partition coefficient (Wildman–Crippen LogP) is 3.98. The molecule has 1 aliphatic rings. The maximum Gasteiger partial charge on any atom is 0.160 e. The lowest BCUT2D eigenvalue weighted by molar-refractivity contribution is 0.450. The van der Waals surface area contributed by atoms with Gasteiger partial charge in [-0.1, -0.05) is 6.07 Å². The molecule has 1 aliphatic carbocycles. The highest BCUT2D eigenvalue weighted by atomic mass is 19.2. The standard InChI is InChI=1S/C20H18F2N4/c21-16-7-6-13(9-17(16)22)10-24-18-4-1-5-19-15(18)12-25-20(26-19)14-3-2-8-23-11-14/h2-3,6-9,11-12,18,24H,1,4-5,10H2. The normalized spacial score (nSPS) is 16.3. The summed E-state index contributed by atoms with van der Waals surface area (Å²) in [5, 5.41) is 3.42. The highest BCUT2D eigenvalue weighted by molar-refractivity contribution is 5.53. The van der Waals surface area contributed by atoms with Crippen LogP contribution in [0.4, 0.5) is 8.78 Å². The van der Waals surface area contributed by atoms with E-state index in [0.717, 1.165) is 42.1 Å². The molecule has 0 aliphatic heterocycles. The van der Waals surface area contributed by atoms with Gasteiger partial charge in [0.15, 0.2) is 17.5 Å². The molecule has 6 heteroatoms. The molecule has 1 unspecified atom stereocenters. The van der Waals surface area contributed by atoms with E-state index in [1.54, 1.807) is 18.5 Å². The van der Waals surface area contributed by atoms with Crippen LogP contribution in [0.1, 0.15) is 35.7 Å². The Hall–Kier alpha value is -2.73. The van der Waals surface area contributed by atoms with Crippen molar-refractivity contribution in [1.82, 2.24) is 20.3 Å². The van der Waals surface area contributed by atoms with Crippen LogP contribution >= 0.6 is 0 Å². The van der Waals surface area contributed by atoms with Crippen molar-refractivity contribution in [1.29, 1.82) is 0 Å². The SMILES string of the molecule is Fc1ccc(CNC2CCCc3nc(-c4cccnc4)ncc32)cc1F. The van der Waals surface area contributed by atoms with Crippen LogP contribution in [0.2, 0.25) is 0 Å². The molecule has 132 valence electrons. The monoisotopic (exact) mass is 352 g/mol. The van der Waals surface area contributed by atoms with Crippen molar-refractivity contribution in [3.63, 3.8) is 0 Å². The minimum absolute atomic E-state index is 0.106. The molecule has 0 bridgehead atoms. The van der Waals surface area contributed by atoms with E-state index >= 15 is 0 Å². The van der Waals surface area contributed by atoms with Gasteiger partial charge in [0, 0.05) is 48.0 Å². The highest BCUT2D eigenvalue weighted by Crippen LogP contribution is 2.29. The number of fused-ring (bicyclic) bond motifs is 1. The second kappa shape index (κ2) is 7.25. The third-order valence-electron chi connectivity index (χ3n) is 4.64. The highest BCUT2D eigenvalue weighted by Gasteiger charge is 2.22. The molecule has 26 heavy (non-hydrogen) atoms. The molecule has 2 aromatic heterocycles. The lowest BCUT2D eigenvalue weighted by Gasteiger charge is -2.25. The number of aromatic nitrogens is 3. The molecule has 3 aromatic rings. The van der Waals surface area contributed by atoms with E-state index in [1.165, 1.54) is 6.07 Å². The number of pyridine rings is 1. The third-order valence-corrected chi connectivity index (χ3v) is 4.64. The Bertz CT molecular complexity index is 915. The molecule has 4 rings (SSSR count). The molecule has 0 saturated heterocycles. The predicted molar refractivity (Wildman–Crippen MR) is 94.1 cm³/mol. The first-order valence-electron chi connectivity index (χ1n) is 8.64. The Labute approximate surface area is 150 Å². The molecule has 1 atom stereocenters. The number of halogens is 2. The van der Waals surface area contributed by atoms with E-state index in [-0.39, 0.29) is 6.04 Å². The Morgan fingerprint density at radius 3 is 2.85 bits per heavy atom. The molecule has 0 spiro atoms. The van der Waals surface area contributed by atoms with Gasteiger partial charge in [-0.2, -0.15) is 0 Å². The summed E-state index contributed by atoms with van der Waals surface area (Å²) < 4.78 is 26.4. The summed E-state index contributed by atoms with van der Waals surface area (Å²) in [7, 11) is 0. The Morgan fingerprint density at radius 2 is 2.04 bits per heavy atom. The molecule has 2 heterocycles. The number of hydrogen-bond acceptors (Lipinski definition) is 4. The summed E-state index contributed by atoms with van der Waals surface area (Å²) in [4.78, 5) is 13.3. The van der Waals surface area contributed by atoms with Crippen molar-refractivity contribution in [3.05, 3.63) is 77.4 Å². The van der Waals surface area contributed by atoms with E-state index in [2.05, 4.69) is 15.3 Å². The van der Waals surface area contributed by atoms with Gasteiger partial charge >= 0.3 is 0 Å². The lowest BCUT2D eigenvalue weighted by Crippen LogP contribution is -2.26. The van der Waals surface area contributed by atoms with Gasteiger partial charge in [-0.25, -0.2) is 18.7 Å². The lowest BCUT2D eigenvalue weighted by atomic mass is 9.92. The fourth-order valence-corrected chi connectivity index (χ4v) is 3.28. The maximum absolute atomic E-state index is 13.4. The summed E-state index contributed by atoms with van der Waals surface area (Å²) in [5.41, 5.74) is 3.72. The summed E-state index contributed by atoms with van der Waals surface area (Å²) in [5.74, 6) is -0.969. The van der Waals surface area contributed by atoms with Crippen molar-refractivity contribution in [2.24, 2.45) is 0 Å². The van der Waals surface area contributed by atoms with Gasteiger partial charge in [0.05, 0.1) is 0 Å². The third kappa shape index (κ3) is 3.46. The zero-order chi connectivity index (χ0) is 17.9. The smallest absolute Gasteiger partial charge is 0.160 e. The number of benzene rings is 1. The summed E-state index contributed by atoms with van der Waals surface area (Å²) in [6, 6.07) is 7.89. The summed E-state index contributed by atoms with van der Waals surface area (Å²) in [6.45, 7) is 0.464. The van der Waals surface area contributed by atoms with E-state index in [4.69, 9.17) is 4.98 Å². The second-order valence-electron chi connectivity index (χ2n) is 6.41. The summed E-state index contributed by atoms with van der Waals surface area (Å²) in [6.07, 6.45) is 8.24. The van der Waals surface area contributed by atoms with Crippen molar-refractivity contribution >= 4 is 0 Å². The van der Waals surface area contributed by atoms with Gasteiger partial charge in [-0.15, -0.1) is 0 Å². The molecule has 4 nitrogen and oxygen atoms in total. The van der Waals surface area contributed by atoms with Crippen LogP contribution in [0.15, 0.2) is 48.9 Å². The van der Waals surface area contributed by atoms with Crippen LogP contribution in [-0.2, 0) is 13.0 Å². The minimum atomic E-state index is -0.826. The number of aryl methyl sites for hydroxylation is 1. The van der Waals surface area contributed by atoms with Crippen LogP contribution in [0.25, 0.3) is 11.4 Å². The quantitative estimate of drug-likeness (QED) is 0.772. The Morgan fingerprint density at radius 1 is 1.12 bits per heavy atom. The van der Waals surface area contributed by atoms with Crippen molar-refractivity contribution in [2.75, 3.05) is 0 Å². The fraction of sp³-hybridized carbons (Fsp3) is 0.250. The van der Waals surface area contributed by atoms with E-state index in [9.17, 15) is 8.78 Å². The van der Waals surface area contributed by atoms with Crippen molar-refractivity contribution < 1.29 is 8.78 Å². The average molecular weight is 352 g/mol.